The van der Waals surface area contributed by atoms with Crippen LogP contribution in [0.25, 0.3) is 6.08 Å². The molecule has 2 aromatic rings. The Morgan fingerprint density at radius 2 is 1.83 bits per heavy atom. The van der Waals surface area contributed by atoms with Crippen LogP contribution in [0.15, 0.2) is 48.5 Å². The molecule has 1 heterocycles. The van der Waals surface area contributed by atoms with Gasteiger partial charge in [-0.3, -0.25) is 4.90 Å². The highest BCUT2D eigenvalue weighted by Gasteiger charge is 2.13. The van der Waals surface area contributed by atoms with Gasteiger partial charge >= 0.3 is 0 Å². The number of rotatable bonds is 5. The Kier molecular flexibility index (Phi) is 6.34. The van der Waals surface area contributed by atoms with Gasteiger partial charge in [0.05, 0.1) is 0 Å². The van der Waals surface area contributed by atoms with Gasteiger partial charge in [0.1, 0.15) is 0 Å². The normalized spacial score (nSPS) is 12.7. The number of halogens is 2. The van der Waals surface area contributed by atoms with Crippen LogP contribution in [0.2, 0.25) is 5.02 Å². The van der Waals surface area contributed by atoms with Gasteiger partial charge in [-0.1, -0.05) is 42.0 Å². The Labute approximate surface area is 147 Å². The van der Waals surface area contributed by atoms with E-state index in [2.05, 4.69) is 30.2 Å². The lowest BCUT2D eigenvalue weighted by Gasteiger charge is -2.14. The number of nitrogens with zero attached hydrogens (tertiary/aromatic N) is 1. The van der Waals surface area contributed by atoms with Crippen molar-refractivity contribution in [2.75, 3.05) is 20.4 Å². The minimum atomic E-state index is 0. The first-order chi connectivity index (χ1) is 10.7. The minimum Gasteiger partial charge on any atom is -0.454 e. The number of benzene rings is 2. The standard InChI is InChI=1S/C18H18ClNO2.ClH/c1-20(10-2-3-14-4-7-16(19)8-5-14)12-15-6-9-17-18(11-15)22-13-21-17;/h2-9,11H,10,12-13H2,1H3;1H/b3-2+;. The molecule has 0 aliphatic carbocycles. The van der Waals surface area contributed by atoms with E-state index in [1.807, 2.05) is 36.4 Å². The van der Waals surface area contributed by atoms with Gasteiger partial charge in [0.25, 0.3) is 0 Å². The summed E-state index contributed by atoms with van der Waals surface area (Å²) in [5.41, 5.74) is 2.37. The molecule has 0 amide bonds. The summed E-state index contributed by atoms with van der Waals surface area (Å²) < 4.78 is 10.7. The average Bonchev–Trinajstić information content (AvgIpc) is 2.97. The van der Waals surface area contributed by atoms with Crippen LogP contribution < -0.4 is 9.47 Å². The van der Waals surface area contributed by atoms with Crippen molar-refractivity contribution in [3.63, 3.8) is 0 Å². The van der Waals surface area contributed by atoms with Gasteiger partial charge in [-0.05, 0) is 42.4 Å². The second-order valence-corrected chi connectivity index (χ2v) is 5.77. The van der Waals surface area contributed by atoms with Gasteiger partial charge in [0, 0.05) is 18.1 Å². The van der Waals surface area contributed by atoms with Gasteiger partial charge in [-0.2, -0.15) is 0 Å². The van der Waals surface area contributed by atoms with Crippen molar-refractivity contribution in [1.29, 1.82) is 0 Å². The summed E-state index contributed by atoms with van der Waals surface area (Å²) in [6, 6.07) is 13.9. The number of hydrogen-bond acceptors (Lipinski definition) is 3. The van der Waals surface area contributed by atoms with Crippen molar-refractivity contribution < 1.29 is 9.47 Å². The van der Waals surface area contributed by atoms with Crippen molar-refractivity contribution >= 4 is 30.1 Å². The fourth-order valence-electron chi connectivity index (χ4n) is 2.36. The fourth-order valence-corrected chi connectivity index (χ4v) is 2.48. The molecule has 2 aromatic carbocycles. The third kappa shape index (κ3) is 4.90. The van der Waals surface area contributed by atoms with Crippen molar-refractivity contribution in [1.82, 2.24) is 4.90 Å². The quantitative estimate of drug-likeness (QED) is 0.783. The maximum Gasteiger partial charge on any atom is 0.231 e. The molecular formula is C18H19Cl2NO2. The second kappa shape index (κ2) is 8.25. The van der Waals surface area contributed by atoms with Crippen LogP contribution in [0.3, 0.4) is 0 Å². The summed E-state index contributed by atoms with van der Waals surface area (Å²) >= 11 is 5.88. The first-order valence-corrected chi connectivity index (χ1v) is 7.58. The van der Waals surface area contributed by atoms with Gasteiger partial charge in [0.15, 0.2) is 11.5 Å². The fraction of sp³-hybridized carbons (Fsp3) is 0.222. The molecule has 0 bridgehead atoms. The molecule has 3 nitrogen and oxygen atoms in total. The molecule has 0 radical (unpaired) electrons. The molecule has 0 fully saturated rings. The predicted molar refractivity (Wildman–Crippen MR) is 96.6 cm³/mol. The zero-order chi connectivity index (χ0) is 15.4. The van der Waals surface area contributed by atoms with E-state index in [1.165, 1.54) is 5.56 Å². The van der Waals surface area contributed by atoms with Crippen LogP contribution in [-0.2, 0) is 6.54 Å². The molecule has 0 unspecified atom stereocenters. The van der Waals surface area contributed by atoms with Gasteiger partial charge in [0.2, 0.25) is 6.79 Å². The highest BCUT2D eigenvalue weighted by Crippen LogP contribution is 2.32. The number of fused-ring (bicyclic) bond motifs is 1. The Bertz CT molecular complexity index is 671. The van der Waals surface area contributed by atoms with E-state index >= 15 is 0 Å². The van der Waals surface area contributed by atoms with Crippen molar-refractivity contribution in [2.24, 2.45) is 0 Å². The van der Waals surface area contributed by atoms with Crippen LogP contribution in [0.5, 0.6) is 11.5 Å². The van der Waals surface area contributed by atoms with Gasteiger partial charge < -0.3 is 9.47 Å². The summed E-state index contributed by atoms with van der Waals surface area (Å²) in [5.74, 6) is 1.66. The van der Waals surface area contributed by atoms with E-state index in [0.717, 1.165) is 35.2 Å². The number of hydrogen-bond donors (Lipinski definition) is 0. The van der Waals surface area contributed by atoms with E-state index in [0.29, 0.717) is 6.79 Å². The zero-order valence-electron chi connectivity index (χ0n) is 12.9. The monoisotopic (exact) mass is 351 g/mol. The van der Waals surface area contributed by atoms with Crippen molar-refractivity contribution in [2.45, 2.75) is 6.54 Å². The van der Waals surface area contributed by atoms with Crippen LogP contribution in [0, 0.1) is 0 Å². The van der Waals surface area contributed by atoms with E-state index in [1.54, 1.807) is 0 Å². The largest absolute Gasteiger partial charge is 0.454 e. The second-order valence-electron chi connectivity index (χ2n) is 5.34. The van der Waals surface area contributed by atoms with Crippen molar-refractivity contribution in [3.8, 4) is 11.5 Å². The van der Waals surface area contributed by atoms with Crippen LogP contribution in [0.1, 0.15) is 11.1 Å². The first kappa shape index (κ1) is 17.7. The lowest BCUT2D eigenvalue weighted by atomic mass is 10.2. The third-order valence-corrected chi connectivity index (χ3v) is 3.74. The van der Waals surface area contributed by atoms with E-state index in [9.17, 15) is 0 Å². The zero-order valence-corrected chi connectivity index (χ0v) is 14.4. The molecule has 122 valence electrons. The highest BCUT2D eigenvalue weighted by molar-refractivity contribution is 6.30. The average molecular weight is 352 g/mol. The Morgan fingerprint density at radius 1 is 1.09 bits per heavy atom. The summed E-state index contributed by atoms with van der Waals surface area (Å²) in [4.78, 5) is 2.24. The molecule has 1 aliphatic rings. The molecule has 0 saturated heterocycles. The third-order valence-electron chi connectivity index (χ3n) is 3.49. The smallest absolute Gasteiger partial charge is 0.231 e. The Morgan fingerprint density at radius 3 is 2.61 bits per heavy atom. The molecule has 1 aliphatic heterocycles. The topological polar surface area (TPSA) is 21.7 Å². The molecule has 0 N–H and O–H groups in total. The molecule has 0 spiro atoms. The highest BCUT2D eigenvalue weighted by atomic mass is 35.5. The van der Waals surface area contributed by atoms with Crippen molar-refractivity contribution in [3.05, 3.63) is 64.7 Å². The summed E-state index contributed by atoms with van der Waals surface area (Å²) in [5, 5.41) is 0.761. The van der Waals surface area contributed by atoms with Crippen LogP contribution in [0.4, 0.5) is 0 Å². The van der Waals surface area contributed by atoms with E-state index in [-0.39, 0.29) is 12.4 Å². The number of likely N-dealkylation sites (N-methyl/N-ethyl adjacent to an activating group) is 1. The molecule has 23 heavy (non-hydrogen) atoms. The number of ether oxygens (including phenoxy) is 2. The molecule has 5 heteroatoms. The van der Waals surface area contributed by atoms with Gasteiger partial charge in [-0.25, -0.2) is 0 Å². The van der Waals surface area contributed by atoms with Crippen LogP contribution in [-0.4, -0.2) is 25.3 Å². The summed E-state index contributed by atoms with van der Waals surface area (Å²) in [6.45, 7) is 2.05. The van der Waals surface area contributed by atoms with E-state index < -0.39 is 0 Å². The lowest BCUT2D eigenvalue weighted by molar-refractivity contribution is 0.174. The molecule has 3 rings (SSSR count). The predicted octanol–water partition coefficient (Wildman–Crippen LogP) is 4.64. The van der Waals surface area contributed by atoms with Gasteiger partial charge in [-0.15, -0.1) is 12.4 Å². The SMILES string of the molecule is CN(C/C=C/c1ccc(Cl)cc1)Cc1ccc2c(c1)OCO2.Cl. The maximum atomic E-state index is 5.88. The molecule has 0 aromatic heterocycles. The molecular weight excluding hydrogens is 333 g/mol. The first-order valence-electron chi connectivity index (χ1n) is 7.20. The molecule has 0 atom stereocenters. The van der Waals surface area contributed by atoms with Crippen LogP contribution >= 0.6 is 24.0 Å². The molecule has 0 saturated carbocycles. The lowest BCUT2D eigenvalue weighted by Crippen LogP contribution is -2.17. The summed E-state index contributed by atoms with van der Waals surface area (Å²) in [6.07, 6.45) is 4.25. The summed E-state index contributed by atoms with van der Waals surface area (Å²) in [7, 11) is 2.09. The maximum absolute atomic E-state index is 5.88. The Hall–Kier alpha value is -1.68. The Balaban J connectivity index is 0.00000192. The minimum absolute atomic E-state index is 0. The van der Waals surface area contributed by atoms with E-state index in [4.69, 9.17) is 21.1 Å².